The second-order valence-corrected chi connectivity index (χ2v) is 3.63. The largest absolute Gasteiger partial charge is 0.409 e. The Morgan fingerprint density at radius 3 is 2.65 bits per heavy atom. The first kappa shape index (κ1) is 11.1. The number of aromatic nitrogens is 1. The van der Waals surface area contributed by atoms with Gasteiger partial charge < -0.3 is 10.9 Å². The first-order valence-electron chi connectivity index (χ1n) is 5.27. The summed E-state index contributed by atoms with van der Waals surface area (Å²) in [4.78, 5) is 4.27. The van der Waals surface area contributed by atoms with Crippen molar-refractivity contribution in [2.24, 2.45) is 10.9 Å². The SMILES string of the molecule is N/C(Cc1ncccc1-c1ccccc1)=N/O. The highest BCUT2D eigenvalue weighted by molar-refractivity contribution is 5.83. The zero-order valence-electron chi connectivity index (χ0n) is 9.24. The van der Waals surface area contributed by atoms with Crippen molar-refractivity contribution in [3.63, 3.8) is 0 Å². The monoisotopic (exact) mass is 227 g/mol. The van der Waals surface area contributed by atoms with Crippen molar-refractivity contribution in [3.05, 3.63) is 54.4 Å². The lowest BCUT2D eigenvalue weighted by Crippen LogP contribution is -2.16. The third kappa shape index (κ3) is 2.60. The van der Waals surface area contributed by atoms with Crippen molar-refractivity contribution in [1.29, 1.82) is 0 Å². The van der Waals surface area contributed by atoms with E-state index in [9.17, 15) is 0 Å². The molecular formula is C13H13N3O. The van der Waals surface area contributed by atoms with Gasteiger partial charge in [0.25, 0.3) is 0 Å². The summed E-state index contributed by atoms with van der Waals surface area (Å²) < 4.78 is 0. The van der Waals surface area contributed by atoms with E-state index in [-0.39, 0.29) is 5.84 Å². The molecule has 2 rings (SSSR count). The Morgan fingerprint density at radius 1 is 1.18 bits per heavy atom. The molecule has 0 saturated carbocycles. The summed E-state index contributed by atoms with van der Waals surface area (Å²) in [6.45, 7) is 0. The van der Waals surface area contributed by atoms with Crippen LogP contribution in [0.4, 0.5) is 0 Å². The summed E-state index contributed by atoms with van der Waals surface area (Å²) in [7, 11) is 0. The van der Waals surface area contributed by atoms with E-state index in [1.807, 2.05) is 42.5 Å². The minimum Gasteiger partial charge on any atom is -0.409 e. The van der Waals surface area contributed by atoms with E-state index in [2.05, 4.69) is 10.1 Å². The van der Waals surface area contributed by atoms with Crippen molar-refractivity contribution >= 4 is 5.84 Å². The van der Waals surface area contributed by atoms with E-state index >= 15 is 0 Å². The summed E-state index contributed by atoms with van der Waals surface area (Å²) in [5.41, 5.74) is 8.38. The molecule has 0 amide bonds. The fraction of sp³-hybridized carbons (Fsp3) is 0.0769. The van der Waals surface area contributed by atoms with E-state index < -0.39 is 0 Å². The van der Waals surface area contributed by atoms with Gasteiger partial charge in [-0.25, -0.2) is 0 Å². The van der Waals surface area contributed by atoms with Crippen LogP contribution < -0.4 is 5.73 Å². The molecule has 0 spiro atoms. The zero-order valence-corrected chi connectivity index (χ0v) is 9.24. The van der Waals surface area contributed by atoms with Crippen molar-refractivity contribution < 1.29 is 5.21 Å². The summed E-state index contributed by atoms with van der Waals surface area (Å²) in [6.07, 6.45) is 2.04. The maximum absolute atomic E-state index is 8.59. The second-order valence-electron chi connectivity index (χ2n) is 3.63. The van der Waals surface area contributed by atoms with Gasteiger partial charge in [-0.3, -0.25) is 4.98 Å². The Bertz CT molecular complexity index is 523. The van der Waals surface area contributed by atoms with Gasteiger partial charge in [-0.2, -0.15) is 0 Å². The first-order valence-corrected chi connectivity index (χ1v) is 5.27. The molecule has 0 atom stereocenters. The molecule has 2 aromatic rings. The number of amidine groups is 1. The molecule has 0 bridgehead atoms. The Hall–Kier alpha value is -2.36. The number of rotatable bonds is 3. The standard InChI is InChI=1S/C13H13N3O/c14-13(16-17)9-12-11(7-4-8-15-12)10-5-2-1-3-6-10/h1-8,17H,9H2,(H2,14,16). The zero-order chi connectivity index (χ0) is 12.1. The highest BCUT2D eigenvalue weighted by Gasteiger charge is 2.07. The van der Waals surface area contributed by atoms with Gasteiger partial charge in [-0.15, -0.1) is 0 Å². The minimum absolute atomic E-state index is 0.154. The summed E-state index contributed by atoms with van der Waals surface area (Å²) in [5, 5.41) is 11.6. The quantitative estimate of drug-likeness (QED) is 0.365. The van der Waals surface area contributed by atoms with Gasteiger partial charge >= 0.3 is 0 Å². The number of benzene rings is 1. The molecule has 17 heavy (non-hydrogen) atoms. The molecule has 1 heterocycles. The molecule has 0 aliphatic heterocycles. The van der Waals surface area contributed by atoms with Crippen LogP contribution in [0.3, 0.4) is 0 Å². The summed E-state index contributed by atoms with van der Waals surface area (Å²) in [5.74, 6) is 0.154. The lowest BCUT2D eigenvalue weighted by Gasteiger charge is -2.07. The van der Waals surface area contributed by atoms with E-state index in [0.29, 0.717) is 6.42 Å². The molecule has 0 radical (unpaired) electrons. The van der Waals surface area contributed by atoms with Crippen LogP contribution in [-0.2, 0) is 6.42 Å². The molecule has 4 heteroatoms. The maximum Gasteiger partial charge on any atom is 0.145 e. The average molecular weight is 227 g/mol. The number of hydrogen-bond acceptors (Lipinski definition) is 3. The third-order valence-corrected chi connectivity index (χ3v) is 2.45. The number of oxime groups is 1. The predicted octanol–water partition coefficient (Wildman–Crippen LogP) is 2.04. The highest BCUT2D eigenvalue weighted by atomic mass is 16.4. The number of pyridine rings is 1. The van der Waals surface area contributed by atoms with Crippen molar-refractivity contribution in [2.45, 2.75) is 6.42 Å². The smallest absolute Gasteiger partial charge is 0.145 e. The van der Waals surface area contributed by atoms with Crippen molar-refractivity contribution in [1.82, 2.24) is 4.98 Å². The fourth-order valence-electron chi connectivity index (χ4n) is 1.67. The van der Waals surface area contributed by atoms with E-state index in [0.717, 1.165) is 16.8 Å². The topological polar surface area (TPSA) is 71.5 Å². The normalized spacial score (nSPS) is 11.4. The van der Waals surface area contributed by atoms with E-state index in [4.69, 9.17) is 10.9 Å². The van der Waals surface area contributed by atoms with Gasteiger partial charge in [0.15, 0.2) is 0 Å². The first-order chi connectivity index (χ1) is 8.31. The molecule has 4 nitrogen and oxygen atoms in total. The maximum atomic E-state index is 8.59. The number of hydrogen-bond donors (Lipinski definition) is 2. The molecule has 1 aromatic carbocycles. The van der Waals surface area contributed by atoms with E-state index in [1.165, 1.54) is 0 Å². The summed E-state index contributed by atoms with van der Waals surface area (Å²) in [6, 6.07) is 13.8. The highest BCUT2D eigenvalue weighted by Crippen LogP contribution is 2.21. The van der Waals surface area contributed by atoms with Crippen molar-refractivity contribution in [3.8, 4) is 11.1 Å². The Kier molecular flexibility index (Phi) is 3.35. The van der Waals surface area contributed by atoms with Gasteiger partial charge in [-0.1, -0.05) is 41.6 Å². The molecule has 86 valence electrons. The van der Waals surface area contributed by atoms with Crippen LogP contribution in [0.1, 0.15) is 5.69 Å². The van der Waals surface area contributed by atoms with Crippen LogP contribution in [-0.4, -0.2) is 16.0 Å². The minimum atomic E-state index is 0.154. The van der Waals surface area contributed by atoms with Gasteiger partial charge in [0.1, 0.15) is 5.84 Å². The van der Waals surface area contributed by atoms with E-state index in [1.54, 1.807) is 6.20 Å². The lowest BCUT2D eigenvalue weighted by molar-refractivity contribution is 0.317. The van der Waals surface area contributed by atoms with Crippen molar-refractivity contribution in [2.75, 3.05) is 0 Å². The molecule has 0 aliphatic rings. The Balaban J connectivity index is 2.41. The van der Waals surface area contributed by atoms with Crippen LogP contribution in [0.2, 0.25) is 0 Å². The van der Waals surface area contributed by atoms with Gasteiger partial charge in [0.05, 0.1) is 12.1 Å². The number of nitrogens with zero attached hydrogens (tertiary/aromatic N) is 2. The average Bonchev–Trinajstić information content (AvgIpc) is 2.40. The molecule has 3 N–H and O–H groups in total. The summed E-state index contributed by atoms with van der Waals surface area (Å²) >= 11 is 0. The molecule has 1 aromatic heterocycles. The molecule has 0 aliphatic carbocycles. The Morgan fingerprint density at radius 2 is 1.94 bits per heavy atom. The predicted molar refractivity (Wildman–Crippen MR) is 66.8 cm³/mol. The van der Waals surface area contributed by atoms with Crippen LogP contribution in [0.15, 0.2) is 53.8 Å². The third-order valence-electron chi connectivity index (χ3n) is 2.45. The molecule has 0 unspecified atom stereocenters. The van der Waals surface area contributed by atoms with Gasteiger partial charge in [0, 0.05) is 11.8 Å². The molecular weight excluding hydrogens is 214 g/mol. The lowest BCUT2D eigenvalue weighted by atomic mass is 10.0. The molecule has 0 fully saturated rings. The Labute approximate surface area is 99.4 Å². The van der Waals surface area contributed by atoms with Crippen LogP contribution in [0.25, 0.3) is 11.1 Å². The second kappa shape index (κ2) is 5.12. The van der Waals surface area contributed by atoms with Gasteiger partial charge in [0.2, 0.25) is 0 Å². The van der Waals surface area contributed by atoms with Crippen LogP contribution in [0, 0.1) is 0 Å². The molecule has 0 saturated heterocycles. The van der Waals surface area contributed by atoms with Crippen LogP contribution in [0.5, 0.6) is 0 Å². The number of nitrogens with two attached hydrogens (primary N) is 1. The van der Waals surface area contributed by atoms with Gasteiger partial charge in [-0.05, 0) is 11.6 Å². The van der Waals surface area contributed by atoms with Crippen LogP contribution >= 0.6 is 0 Å². The fourth-order valence-corrected chi connectivity index (χ4v) is 1.67.